The molecule has 0 bridgehead atoms. The zero-order valence-electron chi connectivity index (χ0n) is 14.7. The maximum Gasteiger partial charge on any atom is 0.223 e. The van der Waals surface area contributed by atoms with Gasteiger partial charge in [0, 0.05) is 37.6 Å². The first-order valence-electron chi connectivity index (χ1n) is 9.03. The molecule has 25 heavy (non-hydrogen) atoms. The van der Waals surface area contributed by atoms with Crippen LogP contribution in [0.4, 0.5) is 0 Å². The van der Waals surface area contributed by atoms with E-state index in [0.29, 0.717) is 6.04 Å². The van der Waals surface area contributed by atoms with Crippen LogP contribution in [0.3, 0.4) is 0 Å². The summed E-state index contributed by atoms with van der Waals surface area (Å²) in [5.74, 6) is 0.391. The number of carbonyl (C=O) groups excluding carboxylic acids is 1. The second-order valence-electron chi connectivity index (χ2n) is 7.13. The molecule has 4 nitrogen and oxygen atoms in total. The second-order valence-corrected chi connectivity index (χ2v) is 7.13. The standard InChI is InChI=1S/C19H29N3O.2ClH/c20-17-7-6-16(14-17)19(23)21-18-9-12-22(13-10-18)11-8-15-4-2-1-3-5-15;;/h1-5,16-18H,6-14,20H2,(H,21,23);2*1H. The number of nitrogens with two attached hydrogens (primary N) is 1. The third-order valence-electron chi connectivity index (χ3n) is 5.34. The number of hydrogen-bond donors (Lipinski definition) is 2. The van der Waals surface area contributed by atoms with E-state index in [0.717, 1.165) is 58.2 Å². The van der Waals surface area contributed by atoms with Crippen LogP contribution in [0.2, 0.25) is 0 Å². The summed E-state index contributed by atoms with van der Waals surface area (Å²) >= 11 is 0. The Morgan fingerprint density at radius 2 is 1.76 bits per heavy atom. The van der Waals surface area contributed by atoms with Crippen molar-refractivity contribution in [3.05, 3.63) is 35.9 Å². The first-order valence-corrected chi connectivity index (χ1v) is 9.03. The van der Waals surface area contributed by atoms with Gasteiger partial charge < -0.3 is 16.0 Å². The number of hydrogen-bond acceptors (Lipinski definition) is 3. The highest BCUT2D eigenvalue weighted by atomic mass is 35.5. The van der Waals surface area contributed by atoms with Crippen molar-refractivity contribution in [2.75, 3.05) is 19.6 Å². The molecule has 1 saturated heterocycles. The molecule has 3 N–H and O–H groups in total. The van der Waals surface area contributed by atoms with Crippen LogP contribution in [0, 0.1) is 5.92 Å². The van der Waals surface area contributed by atoms with E-state index in [1.165, 1.54) is 5.56 Å². The van der Waals surface area contributed by atoms with Gasteiger partial charge in [0.2, 0.25) is 5.91 Å². The molecule has 1 amide bonds. The summed E-state index contributed by atoms with van der Waals surface area (Å²) in [5.41, 5.74) is 7.31. The van der Waals surface area contributed by atoms with E-state index in [1.54, 1.807) is 0 Å². The number of piperidine rings is 1. The van der Waals surface area contributed by atoms with Crippen LogP contribution in [0.5, 0.6) is 0 Å². The molecule has 1 aromatic carbocycles. The van der Waals surface area contributed by atoms with E-state index in [9.17, 15) is 4.79 Å². The number of nitrogens with one attached hydrogen (secondary N) is 1. The fourth-order valence-corrected chi connectivity index (χ4v) is 3.81. The van der Waals surface area contributed by atoms with Crippen molar-refractivity contribution in [2.24, 2.45) is 11.7 Å². The normalized spacial score (nSPS) is 24.2. The molecule has 1 saturated carbocycles. The molecule has 2 aliphatic rings. The molecule has 6 heteroatoms. The van der Waals surface area contributed by atoms with Crippen LogP contribution in [-0.4, -0.2) is 42.5 Å². The summed E-state index contributed by atoms with van der Waals surface area (Å²) < 4.78 is 0. The van der Waals surface area contributed by atoms with E-state index in [-0.39, 0.29) is 42.7 Å². The van der Waals surface area contributed by atoms with Crippen molar-refractivity contribution < 1.29 is 4.79 Å². The van der Waals surface area contributed by atoms with Crippen molar-refractivity contribution in [1.29, 1.82) is 0 Å². The van der Waals surface area contributed by atoms with Gasteiger partial charge >= 0.3 is 0 Å². The number of benzene rings is 1. The van der Waals surface area contributed by atoms with Gasteiger partial charge in [0.1, 0.15) is 0 Å². The molecule has 2 fully saturated rings. The largest absolute Gasteiger partial charge is 0.353 e. The molecule has 1 aliphatic carbocycles. The predicted molar refractivity (Wildman–Crippen MR) is 108 cm³/mol. The molecule has 3 rings (SSSR count). The number of likely N-dealkylation sites (tertiary alicyclic amines) is 1. The molecule has 2 atom stereocenters. The van der Waals surface area contributed by atoms with Crippen molar-refractivity contribution in [2.45, 2.75) is 50.6 Å². The first-order chi connectivity index (χ1) is 11.2. The minimum absolute atomic E-state index is 0. The predicted octanol–water partition coefficient (Wildman–Crippen LogP) is 2.78. The molecule has 0 radical (unpaired) electrons. The van der Waals surface area contributed by atoms with Gasteiger partial charge in [-0.3, -0.25) is 4.79 Å². The van der Waals surface area contributed by atoms with Crippen LogP contribution in [-0.2, 0) is 11.2 Å². The maximum absolute atomic E-state index is 12.3. The molecule has 142 valence electrons. The Bertz CT molecular complexity index is 507. The number of amides is 1. The SMILES string of the molecule is Cl.Cl.NC1CCC(C(=O)NC2CCN(CCc3ccccc3)CC2)C1. The highest BCUT2D eigenvalue weighted by molar-refractivity contribution is 5.85. The lowest BCUT2D eigenvalue weighted by molar-refractivity contribution is -0.125. The Morgan fingerprint density at radius 3 is 2.36 bits per heavy atom. The number of halogens is 2. The van der Waals surface area contributed by atoms with Gasteiger partial charge in [-0.1, -0.05) is 30.3 Å². The average molecular weight is 388 g/mol. The zero-order valence-corrected chi connectivity index (χ0v) is 16.4. The van der Waals surface area contributed by atoms with Crippen LogP contribution in [0.25, 0.3) is 0 Å². The highest BCUT2D eigenvalue weighted by Gasteiger charge is 2.29. The van der Waals surface area contributed by atoms with Gasteiger partial charge in [0.05, 0.1) is 0 Å². The third-order valence-corrected chi connectivity index (χ3v) is 5.34. The Hall–Kier alpha value is -0.810. The van der Waals surface area contributed by atoms with Gasteiger partial charge in [-0.2, -0.15) is 0 Å². The lowest BCUT2D eigenvalue weighted by atomic mass is 10.0. The van der Waals surface area contributed by atoms with E-state index in [4.69, 9.17) is 5.73 Å². The molecule has 1 aliphatic heterocycles. The fourth-order valence-electron chi connectivity index (χ4n) is 3.81. The molecular weight excluding hydrogens is 357 g/mol. The highest BCUT2D eigenvalue weighted by Crippen LogP contribution is 2.24. The van der Waals surface area contributed by atoms with E-state index in [2.05, 4.69) is 40.5 Å². The molecule has 0 aromatic heterocycles. The molecule has 2 unspecified atom stereocenters. The summed E-state index contributed by atoms with van der Waals surface area (Å²) in [6.07, 6.45) is 6.07. The van der Waals surface area contributed by atoms with Gasteiger partial charge in [0.15, 0.2) is 0 Å². The van der Waals surface area contributed by atoms with Crippen LogP contribution < -0.4 is 11.1 Å². The monoisotopic (exact) mass is 387 g/mol. The van der Waals surface area contributed by atoms with Crippen molar-refractivity contribution in [1.82, 2.24) is 10.2 Å². The third kappa shape index (κ3) is 6.78. The first kappa shape index (κ1) is 22.2. The second kappa shape index (κ2) is 11.0. The summed E-state index contributed by atoms with van der Waals surface area (Å²) in [6, 6.07) is 11.2. The average Bonchev–Trinajstić information content (AvgIpc) is 3.02. The number of nitrogens with zero attached hydrogens (tertiary/aromatic N) is 1. The quantitative estimate of drug-likeness (QED) is 0.816. The summed E-state index contributed by atoms with van der Waals surface area (Å²) in [6.45, 7) is 3.28. The van der Waals surface area contributed by atoms with Crippen molar-refractivity contribution >= 4 is 30.7 Å². The minimum atomic E-state index is 0. The topological polar surface area (TPSA) is 58.4 Å². The Kier molecular flexibility index (Phi) is 9.80. The van der Waals surface area contributed by atoms with Gasteiger partial charge in [-0.25, -0.2) is 0 Å². The Morgan fingerprint density at radius 1 is 1.08 bits per heavy atom. The summed E-state index contributed by atoms with van der Waals surface area (Å²) in [5, 5.41) is 3.25. The molecule has 0 spiro atoms. The smallest absolute Gasteiger partial charge is 0.223 e. The fraction of sp³-hybridized carbons (Fsp3) is 0.632. The van der Waals surface area contributed by atoms with Crippen LogP contribution in [0.15, 0.2) is 30.3 Å². The van der Waals surface area contributed by atoms with Crippen molar-refractivity contribution in [3.63, 3.8) is 0 Å². The molecular formula is C19H31Cl2N3O. The molecule has 1 heterocycles. The zero-order chi connectivity index (χ0) is 16.1. The number of rotatable bonds is 5. The molecule has 1 aromatic rings. The van der Waals surface area contributed by atoms with E-state index < -0.39 is 0 Å². The minimum Gasteiger partial charge on any atom is -0.353 e. The van der Waals surface area contributed by atoms with E-state index >= 15 is 0 Å². The summed E-state index contributed by atoms with van der Waals surface area (Å²) in [7, 11) is 0. The van der Waals surface area contributed by atoms with Gasteiger partial charge in [-0.05, 0) is 44.1 Å². The van der Waals surface area contributed by atoms with Crippen LogP contribution in [0.1, 0.15) is 37.7 Å². The Labute approximate surface area is 163 Å². The maximum atomic E-state index is 12.3. The lowest BCUT2D eigenvalue weighted by Crippen LogP contribution is -2.46. The van der Waals surface area contributed by atoms with E-state index in [1.807, 2.05) is 0 Å². The van der Waals surface area contributed by atoms with Crippen LogP contribution >= 0.6 is 24.8 Å². The van der Waals surface area contributed by atoms with Gasteiger partial charge in [0.25, 0.3) is 0 Å². The lowest BCUT2D eigenvalue weighted by Gasteiger charge is -2.32. The summed E-state index contributed by atoms with van der Waals surface area (Å²) in [4.78, 5) is 14.8. The van der Waals surface area contributed by atoms with Crippen molar-refractivity contribution in [3.8, 4) is 0 Å². The Balaban J connectivity index is 0.00000156. The number of carbonyl (C=O) groups is 1. The van der Waals surface area contributed by atoms with Gasteiger partial charge in [-0.15, -0.1) is 24.8 Å².